The molecular weight excluding hydrogens is 362 g/mol. The zero-order valence-corrected chi connectivity index (χ0v) is 16.3. The van der Waals surface area contributed by atoms with Crippen LogP contribution in [0.3, 0.4) is 0 Å². The van der Waals surface area contributed by atoms with Gasteiger partial charge in [0.1, 0.15) is 0 Å². The first-order chi connectivity index (χ1) is 13.6. The highest BCUT2D eigenvalue weighted by Gasteiger charge is 2.34. The van der Waals surface area contributed by atoms with Gasteiger partial charge in [-0.3, -0.25) is 4.90 Å². The van der Waals surface area contributed by atoms with E-state index in [1.54, 1.807) is 14.2 Å². The highest BCUT2D eigenvalue weighted by atomic mass is 16.7. The molecule has 0 saturated carbocycles. The molecule has 7 nitrogen and oxygen atoms in total. The number of nitrogens with zero attached hydrogens (tertiary/aromatic N) is 1. The summed E-state index contributed by atoms with van der Waals surface area (Å²) in [5.74, 6) is 2.28. The molecule has 0 fully saturated rings. The van der Waals surface area contributed by atoms with E-state index in [2.05, 4.69) is 4.90 Å². The molecule has 4 rings (SSSR count). The lowest BCUT2D eigenvalue weighted by atomic mass is 9.86. The normalized spacial score (nSPS) is 18.1. The van der Waals surface area contributed by atoms with Gasteiger partial charge in [0.05, 0.1) is 20.8 Å². The van der Waals surface area contributed by atoms with Crippen LogP contribution in [0.25, 0.3) is 0 Å². The number of phenols is 1. The monoisotopic (exact) mass is 387 g/mol. The van der Waals surface area contributed by atoms with Crippen molar-refractivity contribution >= 4 is 0 Å². The van der Waals surface area contributed by atoms with Gasteiger partial charge in [-0.2, -0.15) is 0 Å². The van der Waals surface area contributed by atoms with Crippen LogP contribution in [0.2, 0.25) is 0 Å². The van der Waals surface area contributed by atoms with Gasteiger partial charge in [0.2, 0.25) is 12.5 Å². The second-order valence-electron chi connectivity index (χ2n) is 7.08. The highest BCUT2D eigenvalue weighted by molar-refractivity contribution is 5.61. The van der Waals surface area contributed by atoms with E-state index in [1.807, 2.05) is 25.2 Å². The number of fused-ring (bicyclic) bond motifs is 2. The maximum Gasteiger partial charge on any atom is 0.231 e. The maximum atomic E-state index is 10.9. The van der Waals surface area contributed by atoms with Crippen molar-refractivity contribution in [1.29, 1.82) is 0 Å². The topological polar surface area (TPSA) is 80.6 Å². The van der Waals surface area contributed by atoms with Crippen LogP contribution in [0, 0.1) is 0 Å². The summed E-state index contributed by atoms with van der Waals surface area (Å²) in [6.45, 7) is 0.821. The molecule has 7 heteroatoms. The van der Waals surface area contributed by atoms with E-state index in [1.165, 1.54) is 0 Å². The number of hydrogen-bond acceptors (Lipinski definition) is 7. The lowest BCUT2D eigenvalue weighted by molar-refractivity contribution is 0.171. The predicted molar refractivity (Wildman–Crippen MR) is 102 cm³/mol. The molecule has 2 heterocycles. The number of rotatable bonds is 5. The molecule has 0 unspecified atom stereocenters. The summed E-state index contributed by atoms with van der Waals surface area (Å²) >= 11 is 0. The number of ether oxygens (including phenoxy) is 4. The number of aliphatic hydroxyl groups is 1. The van der Waals surface area contributed by atoms with Crippen LogP contribution in [0.4, 0.5) is 0 Å². The van der Waals surface area contributed by atoms with Crippen molar-refractivity contribution in [3.8, 4) is 28.7 Å². The van der Waals surface area contributed by atoms with Crippen LogP contribution >= 0.6 is 0 Å². The Balaban J connectivity index is 1.78. The molecule has 1 atom stereocenters. The van der Waals surface area contributed by atoms with Gasteiger partial charge in [-0.1, -0.05) is 6.07 Å². The van der Waals surface area contributed by atoms with Gasteiger partial charge in [-0.25, -0.2) is 0 Å². The van der Waals surface area contributed by atoms with E-state index in [0.29, 0.717) is 35.0 Å². The quantitative estimate of drug-likeness (QED) is 0.815. The molecule has 0 aromatic heterocycles. The van der Waals surface area contributed by atoms with Gasteiger partial charge < -0.3 is 29.2 Å². The van der Waals surface area contributed by atoms with Gasteiger partial charge >= 0.3 is 0 Å². The van der Waals surface area contributed by atoms with E-state index in [4.69, 9.17) is 18.9 Å². The van der Waals surface area contributed by atoms with Gasteiger partial charge in [-0.15, -0.1) is 0 Å². The van der Waals surface area contributed by atoms with Crippen molar-refractivity contribution in [1.82, 2.24) is 4.90 Å². The molecule has 0 aliphatic carbocycles. The Hall–Kier alpha value is -2.64. The SMILES string of the molecule is COc1ccc(C[C@H]2c3c(cc4c(c3O)OCO4)CCN2C)c(CO)c1OC. The highest BCUT2D eigenvalue weighted by Crippen LogP contribution is 2.49. The van der Waals surface area contributed by atoms with E-state index < -0.39 is 0 Å². The zero-order chi connectivity index (χ0) is 19.8. The van der Waals surface area contributed by atoms with Crippen molar-refractivity contribution in [2.24, 2.45) is 0 Å². The molecule has 0 radical (unpaired) electrons. The summed E-state index contributed by atoms with van der Waals surface area (Å²) in [4.78, 5) is 2.21. The van der Waals surface area contributed by atoms with E-state index in [0.717, 1.165) is 29.7 Å². The third-order valence-corrected chi connectivity index (χ3v) is 5.68. The largest absolute Gasteiger partial charge is 0.504 e. The Morgan fingerprint density at radius 1 is 1.21 bits per heavy atom. The summed E-state index contributed by atoms with van der Waals surface area (Å²) < 4.78 is 21.8. The molecule has 2 aromatic rings. The molecule has 28 heavy (non-hydrogen) atoms. The minimum Gasteiger partial charge on any atom is -0.504 e. The lowest BCUT2D eigenvalue weighted by Gasteiger charge is -2.36. The fourth-order valence-electron chi connectivity index (χ4n) is 4.21. The molecule has 0 bridgehead atoms. The number of phenolic OH excluding ortho intramolecular Hbond substituents is 1. The van der Waals surface area contributed by atoms with Gasteiger partial charge in [0.25, 0.3) is 0 Å². The molecule has 0 amide bonds. The number of likely N-dealkylation sites (N-methyl/N-ethyl adjacent to an activating group) is 1. The lowest BCUT2D eigenvalue weighted by Crippen LogP contribution is -2.33. The molecule has 2 N–H and O–H groups in total. The summed E-state index contributed by atoms with van der Waals surface area (Å²) in [5.41, 5.74) is 3.57. The van der Waals surface area contributed by atoms with Gasteiger partial charge in [-0.05, 0) is 43.1 Å². The Bertz CT molecular complexity index is 897. The van der Waals surface area contributed by atoms with Crippen molar-refractivity contribution in [2.45, 2.75) is 25.5 Å². The average Bonchev–Trinajstić information content (AvgIpc) is 3.18. The van der Waals surface area contributed by atoms with Crippen LogP contribution in [0.1, 0.15) is 28.3 Å². The standard InChI is InChI=1S/C21H25NO6/c1-22-7-6-13-9-17-21(28-11-27-17)19(24)18(13)15(22)8-12-4-5-16(25-2)20(26-3)14(12)10-23/h4-5,9,15,23-24H,6-8,10-11H2,1-3H3/t15-/m0/s1. The predicted octanol–water partition coefficient (Wildman–Crippen LogP) is 2.40. The minimum absolute atomic E-state index is 0.0679. The van der Waals surface area contributed by atoms with Crippen LogP contribution in [-0.2, 0) is 19.4 Å². The molecule has 0 saturated heterocycles. The van der Waals surface area contributed by atoms with E-state index >= 15 is 0 Å². The van der Waals surface area contributed by atoms with Crippen molar-refractivity contribution in [3.63, 3.8) is 0 Å². The third kappa shape index (κ3) is 2.91. The van der Waals surface area contributed by atoms with Crippen LogP contribution < -0.4 is 18.9 Å². The first kappa shape index (κ1) is 18.7. The summed E-state index contributed by atoms with van der Waals surface area (Å²) in [7, 11) is 5.18. The van der Waals surface area contributed by atoms with Gasteiger partial charge in [0.15, 0.2) is 23.0 Å². The smallest absolute Gasteiger partial charge is 0.231 e. The number of hydrogen-bond donors (Lipinski definition) is 2. The van der Waals surface area contributed by atoms with Crippen LogP contribution in [0.5, 0.6) is 28.7 Å². The number of benzene rings is 2. The molecule has 0 spiro atoms. The number of aromatic hydroxyl groups is 1. The minimum atomic E-state index is -0.161. The van der Waals surface area contributed by atoms with Crippen molar-refractivity contribution in [3.05, 3.63) is 40.5 Å². The summed E-state index contributed by atoms with van der Waals surface area (Å²) in [5, 5.41) is 20.9. The molecule has 2 aromatic carbocycles. The maximum absolute atomic E-state index is 10.9. The number of aliphatic hydroxyl groups excluding tert-OH is 1. The summed E-state index contributed by atoms with van der Waals surface area (Å²) in [6, 6.07) is 5.69. The second kappa shape index (κ2) is 7.41. The van der Waals surface area contributed by atoms with Gasteiger partial charge in [0, 0.05) is 23.7 Å². The Kier molecular flexibility index (Phi) is 4.95. The van der Waals surface area contributed by atoms with E-state index in [-0.39, 0.29) is 25.2 Å². The molecular formula is C21H25NO6. The molecule has 150 valence electrons. The molecule has 2 aliphatic heterocycles. The number of methoxy groups -OCH3 is 2. The van der Waals surface area contributed by atoms with Crippen LogP contribution in [-0.4, -0.2) is 49.7 Å². The second-order valence-corrected chi connectivity index (χ2v) is 7.08. The van der Waals surface area contributed by atoms with Crippen LogP contribution in [0.15, 0.2) is 18.2 Å². The Morgan fingerprint density at radius 3 is 2.75 bits per heavy atom. The molecule has 2 aliphatic rings. The first-order valence-corrected chi connectivity index (χ1v) is 9.27. The summed E-state index contributed by atoms with van der Waals surface area (Å²) in [6.07, 6.45) is 1.43. The average molecular weight is 387 g/mol. The fraction of sp³-hybridized carbons (Fsp3) is 0.429. The first-order valence-electron chi connectivity index (χ1n) is 9.27. The Morgan fingerprint density at radius 2 is 2.04 bits per heavy atom. The Labute approximate surface area is 164 Å². The third-order valence-electron chi connectivity index (χ3n) is 5.68. The zero-order valence-electron chi connectivity index (χ0n) is 16.3. The van der Waals surface area contributed by atoms with Crippen molar-refractivity contribution < 1.29 is 29.2 Å². The van der Waals surface area contributed by atoms with E-state index in [9.17, 15) is 10.2 Å². The van der Waals surface area contributed by atoms with Crippen molar-refractivity contribution in [2.75, 3.05) is 34.6 Å². The fourth-order valence-corrected chi connectivity index (χ4v) is 4.21.